The van der Waals surface area contributed by atoms with Gasteiger partial charge in [0.2, 0.25) is 0 Å². The van der Waals surface area contributed by atoms with Crippen LogP contribution in [-0.4, -0.2) is 26.8 Å². The van der Waals surface area contributed by atoms with E-state index >= 15 is 0 Å². The molecule has 5 nitrogen and oxygen atoms in total. The van der Waals surface area contributed by atoms with Gasteiger partial charge in [0, 0.05) is 17.4 Å². The highest BCUT2D eigenvalue weighted by atomic mass is 35.5. The molecule has 3 aromatic rings. The van der Waals surface area contributed by atoms with Gasteiger partial charge in [-0.25, -0.2) is 13.4 Å². The molecule has 136 valence electrons. The van der Waals surface area contributed by atoms with Gasteiger partial charge < -0.3 is 4.74 Å². The molecule has 0 saturated carbocycles. The summed E-state index contributed by atoms with van der Waals surface area (Å²) in [6.07, 6.45) is 1.16. The molecule has 0 unspecified atom stereocenters. The number of benzene rings is 2. The molecule has 7 heteroatoms. The Morgan fingerprint density at radius 3 is 2.15 bits per heavy atom. The normalized spacial score (nSPS) is 11.0. The lowest BCUT2D eigenvalue weighted by molar-refractivity contribution is 0.415. The average Bonchev–Trinajstić information content (AvgIpc) is 2.67. The molecule has 1 heterocycles. The molecule has 27 heavy (non-hydrogen) atoms. The summed E-state index contributed by atoms with van der Waals surface area (Å²) in [5, 5.41) is 9.41. The van der Waals surface area contributed by atoms with E-state index in [1.165, 1.54) is 12.1 Å². The third-order valence-corrected chi connectivity index (χ3v) is 5.47. The highest BCUT2D eigenvalue weighted by molar-refractivity contribution is 7.90. The quantitative estimate of drug-likeness (QED) is 0.610. The van der Waals surface area contributed by atoms with Crippen LogP contribution in [0.5, 0.6) is 5.75 Å². The van der Waals surface area contributed by atoms with Crippen molar-refractivity contribution < 1.29 is 13.2 Å². The van der Waals surface area contributed by atoms with Crippen LogP contribution in [0.2, 0.25) is 5.15 Å². The summed E-state index contributed by atoms with van der Waals surface area (Å²) in [5.74, 6) is 0.706. The predicted octanol–water partition coefficient (Wildman–Crippen LogP) is 4.35. The predicted molar refractivity (Wildman–Crippen MR) is 104 cm³/mol. The van der Waals surface area contributed by atoms with Crippen molar-refractivity contribution in [1.29, 1.82) is 5.26 Å². The summed E-state index contributed by atoms with van der Waals surface area (Å²) in [6, 6.07) is 17.4. The highest BCUT2D eigenvalue weighted by Crippen LogP contribution is 2.34. The van der Waals surface area contributed by atoms with Gasteiger partial charge in [-0.1, -0.05) is 23.7 Å². The zero-order chi connectivity index (χ0) is 19.6. The third-order valence-electron chi connectivity index (χ3n) is 4.05. The molecule has 1 aromatic heterocycles. The highest BCUT2D eigenvalue weighted by Gasteiger charge is 2.15. The van der Waals surface area contributed by atoms with Crippen molar-refractivity contribution in [2.24, 2.45) is 0 Å². The molecule has 3 rings (SSSR count). The summed E-state index contributed by atoms with van der Waals surface area (Å²) in [6.45, 7) is 0. The lowest BCUT2D eigenvalue weighted by Crippen LogP contribution is -1.97. The van der Waals surface area contributed by atoms with E-state index in [1.54, 1.807) is 37.4 Å². The maximum Gasteiger partial charge on any atom is 0.175 e. The molecule has 0 amide bonds. The van der Waals surface area contributed by atoms with E-state index in [0.717, 1.165) is 17.4 Å². The molecule has 0 bridgehead atoms. The van der Waals surface area contributed by atoms with Crippen molar-refractivity contribution in [3.8, 4) is 34.2 Å². The van der Waals surface area contributed by atoms with Crippen molar-refractivity contribution in [2.45, 2.75) is 4.90 Å². The zero-order valence-corrected chi connectivity index (χ0v) is 16.2. The van der Waals surface area contributed by atoms with Gasteiger partial charge in [-0.15, -0.1) is 0 Å². The molecule has 0 atom stereocenters. The SMILES string of the molecule is COc1ccc(-c2nc(Cl)c(C#N)cc2-c2ccc(S(C)(=O)=O)cc2)cc1. The van der Waals surface area contributed by atoms with Crippen molar-refractivity contribution >= 4 is 21.4 Å². The number of pyridine rings is 1. The number of hydrogen-bond donors (Lipinski definition) is 0. The van der Waals surface area contributed by atoms with Gasteiger partial charge >= 0.3 is 0 Å². The van der Waals surface area contributed by atoms with Crippen LogP contribution in [0.3, 0.4) is 0 Å². The van der Waals surface area contributed by atoms with Crippen LogP contribution in [0.25, 0.3) is 22.4 Å². The van der Waals surface area contributed by atoms with E-state index in [1.807, 2.05) is 18.2 Å². The molecular weight excluding hydrogens is 384 g/mol. The maximum atomic E-state index is 11.7. The van der Waals surface area contributed by atoms with Crippen molar-refractivity contribution in [3.63, 3.8) is 0 Å². The molecule has 0 spiro atoms. The minimum Gasteiger partial charge on any atom is -0.497 e. The number of nitriles is 1. The number of hydrogen-bond acceptors (Lipinski definition) is 5. The first-order chi connectivity index (χ1) is 12.8. The first kappa shape index (κ1) is 18.9. The van der Waals surface area contributed by atoms with Gasteiger partial charge in [0.1, 0.15) is 17.0 Å². The van der Waals surface area contributed by atoms with Gasteiger partial charge in [0.05, 0.1) is 23.3 Å². The average molecular weight is 399 g/mol. The molecule has 0 aliphatic heterocycles. The second-order valence-electron chi connectivity index (χ2n) is 5.86. The zero-order valence-electron chi connectivity index (χ0n) is 14.6. The van der Waals surface area contributed by atoms with Crippen molar-refractivity contribution in [2.75, 3.05) is 13.4 Å². The molecule has 0 N–H and O–H groups in total. The molecule has 0 aliphatic carbocycles. The van der Waals surface area contributed by atoms with Crippen molar-refractivity contribution in [1.82, 2.24) is 4.98 Å². The first-order valence-corrected chi connectivity index (χ1v) is 10.2. The van der Waals surface area contributed by atoms with E-state index < -0.39 is 9.84 Å². The monoisotopic (exact) mass is 398 g/mol. The minimum atomic E-state index is -3.29. The Hall–Kier alpha value is -2.88. The van der Waals surface area contributed by atoms with Gasteiger partial charge in [0.25, 0.3) is 0 Å². The second-order valence-corrected chi connectivity index (χ2v) is 8.23. The largest absolute Gasteiger partial charge is 0.497 e. The topological polar surface area (TPSA) is 80.0 Å². The summed E-state index contributed by atoms with van der Waals surface area (Å²) < 4.78 is 28.6. The summed E-state index contributed by atoms with van der Waals surface area (Å²) >= 11 is 6.14. The molecule has 0 radical (unpaired) electrons. The van der Waals surface area contributed by atoms with Crippen LogP contribution >= 0.6 is 11.6 Å². The van der Waals surface area contributed by atoms with Gasteiger partial charge in [-0.3, -0.25) is 0 Å². The lowest BCUT2D eigenvalue weighted by Gasteiger charge is -2.12. The van der Waals surface area contributed by atoms with Crippen molar-refractivity contribution in [3.05, 3.63) is 65.3 Å². The summed E-state index contributed by atoms with van der Waals surface area (Å²) in [5.41, 5.74) is 3.05. The van der Waals surface area contributed by atoms with E-state index in [2.05, 4.69) is 4.98 Å². The fourth-order valence-corrected chi connectivity index (χ4v) is 3.45. The van der Waals surface area contributed by atoms with Crippen LogP contribution in [0, 0.1) is 11.3 Å². The number of nitrogens with zero attached hydrogens (tertiary/aromatic N) is 2. The number of methoxy groups -OCH3 is 1. The summed E-state index contributed by atoms with van der Waals surface area (Å²) in [7, 11) is -1.71. The first-order valence-electron chi connectivity index (χ1n) is 7.89. The molecule has 0 fully saturated rings. The number of halogens is 1. The standard InChI is InChI=1S/C20H15ClN2O3S/c1-26-16-7-3-14(4-8-16)19-18(11-15(12-22)20(21)23-19)13-5-9-17(10-6-13)27(2,24)25/h3-11H,1-2H3. The fraction of sp³-hybridized carbons (Fsp3) is 0.100. The van der Waals surface area contributed by atoms with Crippen LogP contribution < -0.4 is 4.74 Å². The Labute approximate surface area is 162 Å². The van der Waals surface area contributed by atoms with Crippen LogP contribution in [0.1, 0.15) is 5.56 Å². The molecule has 2 aromatic carbocycles. The van der Waals surface area contributed by atoms with E-state index in [9.17, 15) is 13.7 Å². The van der Waals surface area contributed by atoms with E-state index in [0.29, 0.717) is 17.0 Å². The number of aromatic nitrogens is 1. The smallest absolute Gasteiger partial charge is 0.175 e. The summed E-state index contributed by atoms with van der Waals surface area (Å²) in [4.78, 5) is 4.62. The Balaban J connectivity index is 2.19. The Morgan fingerprint density at radius 2 is 1.63 bits per heavy atom. The number of sulfone groups is 1. The van der Waals surface area contributed by atoms with Crippen LogP contribution in [0.15, 0.2) is 59.5 Å². The second kappa shape index (κ2) is 7.39. The Kier molecular flexibility index (Phi) is 5.17. The van der Waals surface area contributed by atoms with E-state index in [4.69, 9.17) is 16.3 Å². The molecule has 0 aliphatic rings. The third kappa shape index (κ3) is 3.95. The maximum absolute atomic E-state index is 11.7. The molecular formula is C20H15ClN2O3S. The number of ether oxygens (including phenoxy) is 1. The van der Waals surface area contributed by atoms with Crippen LogP contribution in [-0.2, 0) is 9.84 Å². The molecule has 0 saturated heterocycles. The fourth-order valence-electron chi connectivity index (χ4n) is 2.64. The Morgan fingerprint density at radius 1 is 1.04 bits per heavy atom. The number of rotatable bonds is 4. The van der Waals surface area contributed by atoms with Gasteiger partial charge in [0.15, 0.2) is 9.84 Å². The minimum absolute atomic E-state index is 0.111. The van der Waals surface area contributed by atoms with Gasteiger partial charge in [-0.2, -0.15) is 5.26 Å². The van der Waals surface area contributed by atoms with E-state index in [-0.39, 0.29) is 15.6 Å². The Bertz CT molecular complexity index is 1130. The lowest BCUT2D eigenvalue weighted by atomic mass is 9.98. The van der Waals surface area contributed by atoms with Gasteiger partial charge in [-0.05, 0) is 48.0 Å². The van der Waals surface area contributed by atoms with Crippen LogP contribution in [0.4, 0.5) is 0 Å².